The van der Waals surface area contributed by atoms with Crippen LogP contribution in [0.3, 0.4) is 0 Å². The van der Waals surface area contributed by atoms with Crippen LogP contribution in [0.4, 0.5) is 0 Å². The Hall–Kier alpha value is -0.830. The van der Waals surface area contributed by atoms with Gasteiger partial charge in [0.2, 0.25) is 0 Å². The Bertz CT molecular complexity index is 372. The molecule has 1 aromatic rings. The highest BCUT2D eigenvalue weighted by Crippen LogP contribution is 2.33. The van der Waals surface area contributed by atoms with Crippen LogP contribution < -0.4 is 5.32 Å². The molecule has 0 saturated heterocycles. The highest BCUT2D eigenvalue weighted by atomic mass is 15.2. The molecule has 1 fully saturated rings. The van der Waals surface area contributed by atoms with Gasteiger partial charge in [-0.25, -0.2) is 0 Å². The summed E-state index contributed by atoms with van der Waals surface area (Å²) in [5.41, 5.74) is 1.23. The normalized spacial score (nSPS) is 25.4. The summed E-state index contributed by atoms with van der Waals surface area (Å²) >= 11 is 0. The van der Waals surface area contributed by atoms with E-state index in [0.29, 0.717) is 6.04 Å². The fourth-order valence-electron chi connectivity index (χ4n) is 3.53. The smallest absolute Gasteiger partial charge is 0.0640 e. The van der Waals surface area contributed by atoms with E-state index >= 15 is 0 Å². The molecule has 1 N–H and O–H groups in total. The van der Waals surface area contributed by atoms with Gasteiger partial charge in [0, 0.05) is 25.7 Å². The third-order valence-electron chi connectivity index (χ3n) is 4.63. The van der Waals surface area contributed by atoms with Gasteiger partial charge < -0.3 is 5.32 Å². The van der Waals surface area contributed by atoms with E-state index in [1.807, 2.05) is 17.9 Å². The molecule has 0 amide bonds. The summed E-state index contributed by atoms with van der Waals surface area (Å²) in [7, 11) is 2.00. The van der Waals surface area contributed by atoms with E-state index in [1.54, 1.807) is 0 Å². The van der Waals surface area contributed by atoms with Crippen molar-refractivity contribution in [2.45, 2.75) is 58.4 Å². The van der Waals surface area contributed by atoms with Crippen LogP contribution in [0.1, 0.15) is 51.6 Å². The van der Waals surface area contributed by atoms with Gasteiger partial charge in [-0.3, -0.25) is 4.68 Å². The van der Waals surface area contributed by atoms with Crippen LogP contribution in [0.5, 0.6) is 0 Å². The Balaban J connectivity index is 1.98. The molecule has 108 valence electrons. The second-order valence-corrected chi connectivity index (χ2v) is 6.05. The molecule has 3 unspecified atom stereocenters. The minimum absolute atomic E-state index is 0.606. The molecule has 1 aromatic heterocycles. The van der Waals surface area contributed by atoms with Crippen LogP contribution in [-0.4, -0.2) is 22.4 Å². The molecular formula is C16H29N3. The van der Waals surface area contributed by atoms with Crippen molar-refractivity contribution in [2.24, 2.45) is 18.9 Å². The van der Waals surface area contributed by atoms with Crippen molar-refractivity contribution in [3.8, 4) is 0 Å². The zero-order chi connectivity index (χ0) is 13.7. The average Bonchev–Trinajstić information content (AvgIpc) is 2.84. The largest absolute Gasteiger partial charge is 0.314 e. The predicted octanol–water partition coefficient (Wildman–Crippen LogP) is 3.16. The van der Waals surface area contributed by atoms with E-state index < -0.39 is 0 Å². The quantitative estimate of drug-likeness (QED) is 0.854. The van der Waals surface area contributed by atoms with Gasteiger partial charge in [-0.05, 0) is 37.3 Å². The Kier molecular flexibility index (Phi) is 5.44. The van der Waals surface area contributed by atoms with E-state index in [0.717, 1.165) is 24.8 Å². The molecule has 0 radical (unpaired) electrons. The highest BCUT2D eigenvalue weighted by molar-refractivity contribution is 5.02. The SMILES string of the molecule is CCNC(Cc1ccn(C)n1)C1CCCC(CC)C1. The van der Waals surface area contributed by atoms with Gasteiger partial charge in [0.1, 0.15) is 0 Å². The zero-order valence-electron chi connectivity index (χ0n) is 12.7. The van der Waals surface area contributed by atoms with Crippen LogP contribution >= 0.6 is 0 Å². The lowest BCUT2D eigenvalue weighted by Gasteiger charge is -2.34. The lowest BCUT2D eigenvalue weighted by Crippen LogP contribution is -2.40. The number of hydrogen-bond acceptors (Lipinski definition) is 2. The molecule has 1 saturated carbocycles. The van der Waals surface area contributed by atoms with E-state index in [-0.39, 0.29) is 0 Å². The van der Waals surface area contributed by atoms with Crippen molar-refractivity contribution in [1.29, 1.82) is 0 Å². The van der Waals surface area contributed by atoms with E-state index in [9.17, 15) is 0 Å². The fourth-order valence-corrected chi connectivity index (χ4v) is 3.53. The molecule has 1 aliphatic rings. The van der Waals surface area contributed by atoms with Gasteiger partial charge in [-0.15, -0.1) is 0 Å². The predicted molar refractivity (Wildman–Crippen MR) is 80.1 cm³/mol. The van der Waals surface area contributed by atoms with Crippen LogP contribution in [0.2, 0.25) is 0 Å². The summed E-state index contributed by atoms with van der Waals surface area (Å²) in [6.45, 7) is 5.62. The van der Waals surface area contributed by atoms with Gasteiger partial charge in [0.05, 0.1) is 5.69 Å². The molecule has 0 aromatic carbocycles. The molecule has 0 aliphatic heterocycles. The second kappa shape index (κ2) is 7.09. The van der Waals surface area contributed by atoms with Crippen molar-refractivity contribution in [3.05, 3.63) is 18.0 Å². The number of nitrogens with zero attached hydrogens (tertiary/aromatic N) is 2. The maximum absolute atomic E-state index is 4.54. The molecule has 3 heteroatoms. The van der Waals surface area contributed by atoms with Gasteiger partial charge >= 0.3 is 0 Å². The Morgan fingerprint density at radius 2 is 2.26 bits per heavy atom. The number of hydrogen-bond donors (Lipinski definition) is 1. The van der Waals surface area contributed by atoms with E-state index in [4.69, 9.17) is 0 Å². The first kappa shape index (κ1) is 14.6. The number of likely N-dealkylation sites (N-methyl/N-ethyl adjacent to an activating group) is 1. The molecule has 0 spiro atoms. The number of aryl methyl sites for hydroxylation is 1. The monoisotopic (exact) mass is 263 g/mol. The van der Waals surface area contributed by atoms with Gasteiger partial charge in [-0.1, -0.05) is 33.1 Å². The van der Waals surface area contributed by atoms with Gasteiger partial charge in [-0.2, -0.15) is 5.10 Å². The summed E-state index contributed by atoms with van der Waals surface area (Å²) in [6.07, 6.45) is 10.1. The van der Waals surface area contributed by atoms with Crippen molar-refractivity contribution in [2.75, 3.05) is 6.54 Å². The summed E-state index contributed by atoms with van der Waals surface area (Å²) in [6, 6.07) is 2.76. The molecule has 0 bridgehead atoms. The summed E-state index contributed by atoms with van der Waals surface area (Å²) < 4.78 is 1.91. The van der Waals surface area contributed by atoms with Crippen molar-refractivity contribution in [3.63, 3.8) is 0 Å². The molecule has 3 atom stereocenters. The molecular weight excluding hydrogens is 234 g/mol. The minimum atomic E-state index is 0.606. The fraction of sp³-hybridized carbons (Fsp3) is 0.812. The van der Waals surface area contributed by atoms with E-state index in [2.05, 4.69) is 30.3 Å². The van der Waals surface area contributed by atoms with Crippen LogP contribution in [0.25, 0.3) is 0 Å². The minimum Gasteiger partial charge on any atom is -0.314 e. The Morgan fingerprint density at radius 3 is 2.89 bits per heavy atom. The van der Waals surface area contributed by atoms with Crippen molar-refractivity contribution < 1.29 is 0 Å². The van der Waals surface area contributed by atoms with Crippen molar-refractivity contribution in [1.82, 2.24) is 15.1 Å². The summed E-state index contributed by atoms with van der Waals surface area (Å²) in [4.78, 5) is 0. The van der Waals surface area contributed by atoms with Gasteiger partial charge in [0.15, 0.2) is 0 Å². The average molecular weight is 263 g/mol. The number of rotatable bonds is 6. The van der Waals surface area contributed by atoms with E-state index in [1.165, 1.54) is 37.8 Å². The Morgan fingerprint density at radius 1 is 1.42 bits per heavy atom. The standard InChI is InChI=1S/C16H29N3/c1-4-13-7-6-8-14(11-13)16(17-5-2)12-15-9-10-19(3)18-15/h9-10,13-14,16-17H,4-8,11-12H2,1-3H3. The van der Waals surface area contributed by atoms with Crippen LogP contribution in [0.15, 0.2) is 12.3 Å². The van der Waals surface area contributed by atoms with Gasteiger partial charge in [0.25, 0.3) is 0 Å². The maximum Gasteiger partial charge on any atom is 0.0640 e. The topological polar surface area (TPSA) is 29.9 Å². The van der Waals surface area contributed by atoms with Crippen LogP contribution in [-0.2, 0) is 13.5 Å². The molecule has 1 aliphatic carbocycles. The third-order valence-corrected chi connectivity index (χ3v) is 4.63. The lowest BCUT2D eigenvalue weighted by atomic mass is 9.76. The number of nitrogens with one attached hydrogen (secondary N) is 1. The van der Waals surface area contributed by atoms with Crippen LogP contribution in [0, 0.1) is 11.8 Å². The lowest BCUT2D eigenvalue weighted by molar-refractivity contribution is 0.208. The molecule has 1 heterocycles. The summed E-state index contributed by atoms with van der Waals surface area (Å²) in [5, 5.41) is 8.25. The second-order valence-electron chi connectivity index (χ2n) is 6.05. The molecule has 2 rings (SSSR count). The molecule has 19 heavy (non-hydrogen) atoms. The zero-order valence-corrected chi connectivity index (χ0v) is 12.7. The Labute approximate surface area is 117 Å². The maximum atomic E-state index is 4.54. The first-order chi connectivity index (χ1) is 9.22. The number of aromatic nitrogens is 2. The first-order valence-electron chi connectivity index (χ1n) is 7.94. The third kappa shape index (κ3) is 4.07. The highest BCUT2D eigenvalue weighted by Gasteiger charge is 2.27. The first-order valence-corrected chi connectivity index (χ1v) is 7.94. The molecule has 3 nitrogen and oxygen atoms in total. The van der Waals surface area contributed by atoms with Crippen molar-refractivity contribution >= 4 is 0 Å². The summed E-state index contributed by atoms with van der Waals surface area (Å²) in [5.74, 6) is 1.78.